The van der Waals surface area contributed by atoms with Crippen LogP contribution >= 0.6 is 11.8 Å². The fourth-order valence-electron chi connectivity index (χ4n) is 2.79. The molecule has 0 saturated heterocycles. The number of amides is 1. The second-order valence-electron chi connectivity index (χ2n) is 6.04. The minimum atomic E-state index is 0.198. The van der Waals surface area contributed by atoms with E-state index >= 15 is 0 Å². The first-order valence-electron chi connectivity index (χ1n) is 8.15. The quantitative estimate of drug-likeness (QED) is 0.751. The third kappa shape index (κ3) is 3.51. The van der Waals surface area contributed by atoms with E-state index in [1.165, 1.54) is 0 Å². The molecule has 4 nitrogen and oxygen atoms in total. The molecule has 124 valence electrons. The lowest BCUT2D eigenvalue weighted by atomic mass is 10.2. The van der Waals surface area contributed by atoms with E-state index in [9.17, 15) is 4.79 Å². The summed E-state index contributed by atoms with van der Waals surface area (Å²) in [4.78, 5) is 15.8. The van der Waals surface area contributed by atoms with Crippen LogP contribution in [0.1, 0.15) is 18.4 Å². The van der Waals surface area contributed by atoms with Crippen LogP contribution in [-0.2, 0) is 11.3 Å². The highest BCUT2D eigenvalue weighted by Crippen LogP contribution is 2.35. The normalized spacial score (nSPS) is 15.3. The van der Waals surface area contributed by atoms with Crippen LogP contribution in [0.3, 0.4) is 0 Å². The lowest BCUT2D eigenvalue weighted by Crippen LogP contribution is -2.33. The van der Waals surface area contributed by atoms with Gasteiger partial charge in [-0.15, -0.1) is 11.8 Å². The summed E-state index contributed by atoms with van der Waals surface area (Å²) in [5.41, 5.74) is 1.09. The Morgan fingerprint density at radius 1 is 1.08 bits per heavy atom. The summed E-state index contributed by atoms with van der Waals surface area (Å²) < 4.78 is 10.8. The molecule has 1 aliphatic heterocycles. The lowest BCUT2D eigenvalue weighted by molar-refractivity contribution is -0.129. The SMILES string of the molecule is O=C(CSc1ccccc1)N(Cc1ccc2c(c1)OCO2)C1CC1. The Morgan fingerprint density at radius 2 is 1.88 bits per heavy atom. The number of hydrogen-bond acceptors (Lipinski definition) is 4. The Kier molecular flexibility index (Phi) is 4.34. The van der Waals surface area contributed by atoms with Gasteiger partial charge in [-0.2, -0.15) is 0 Å². The molecule has 1 amide bonds. The molecule has 2 aromatic carbocycles. The number of hydrogen-bond donors (Lipinski definition) is 0. The zero-order chi connectivity index (χ0) is 16.4. The highest BCUT2D eigenvalue weighted by atomic mass is 32.2. The maximum absolute atomic E-state index is 12.7. The van der Waals surface area contributed by atoms with Gasteiger partial charge in [-0.1, -0.05) is 24.3 Å². The summed E-state index contributed by atoms with van der Waals surface area (Å²) in [6.45, 7) is 0.910. The molecule has 0 N–H and O–H groups in total. The van der Waals surface area contributed by atoms with E-state index in [1.807, 2.05) is 53.4 Å². The predicted octanol–water partition coefficient (Wildman–Crippen LogP) is 3.70. The Morgan fingerprint density at radius 3 is 2.67 bits per heavy atom. The van der Waals surface area contributed by atoms with Crippen molar-refractivity contribution in [3.05, 3.63) is 54.1 Å². The molecule has 1 heterocycles. The van der Waals surface area contributed by atoms with Crippen molar-refractivity contribution < 1.29 is 14.3 Å². The molecule has 4 rings (SSSR count). The molecule has 2 aliphatic rings. The van der Waals surface area contributed by atoms with Gasteiger partial charge in [0, 0.05) is 17.5 Å². The molecular formula is C19H19NO3S. The largest absolute Gasteiger partial charge is 0.454 e. The van der Waals surface area contributed by atoms with Gasteiger partial charge in [0.25, 0.3) is 0 Å². The Balaban J connectivity index is 1.41. The third-order valence-corrected chi connectivity index (χ3v) is 5.20. The fraction of sp³-hybridized carbons (Fsp3) is 0.316. The first-order chi connectivity index (χ1) is 11.8. The van der Waals surface area contributed by atoms with Crippen LogP contribution in [-0.4, -0.2) is 29.4 Å². The van der Waals surface area contributed by atoms with Crippen molar-refractivity contribution in [2.75, 3.05) is 12.5 Å². The van der Waals surface area contributed by atoms with Crippen molar-refractivity contribution >= 4 is 17.7 Å². The number of nitrogens with zero attached hydrogens (tertiary/aromatic N) is 1. The Labute approximate surface area is 145 Å². The van der Waals surface area contributed by atoms with E-state index in [-0.39, 0.29) is 12.7 Å². The molecule has 1 saturated carbocycles. The fourth-order valence-corrected chi connectivity index (χ4v) is 3.59. The molecule has 0 spiro atoms. The predicted molar refractivity (Wildman–Crippen MR) is 93.3 cm³/mol. The van der Waals surface area contributed by atoms with E-state index in [4.69, 9.17) is 9.47 Å². The van der Waals surface area contributed by atoms with Crippen LogP contribution in [0.5, 0.6) is 11.5 Å². The molecular weight excluding hydrogens is 322 g/mol. The van der Waals surface area contributed by atoms with Gasteiger partial charge in [0.1, 0.15) is 0 Å². The summed E-state index contributed by atoms with van der Waals surface area (Å²) in [6.07, 6.45) is 2.21. The van der Waals surface area contributed by atoms with Crippen molar-refractivity contribution in [3.63, 3.8) is 0 Å². The minimum Gasteiger partial charge on any atom is -0.454 e. The van der Waals surface area contributed by atoms with Gasteiger partial charge < -0.3 is 14.4 Å². The molecule has 2 aromatic rings. The zero-order valence-electron chi connectivity index (χ0n) is 13.3. The maximum Gasteiger partial charge on any atom is 0.233 e. The summed E-state index contributed by atoms with van der Waals surface area (Å²) in [7, 11) is 0. The number of ether oxygens (including phenoxy) is 2. The maximum atomic E-state index is 12.7. The van der Waals surface area contributed by atoms with Gasteiger partial charge in [0.05, 0.1) is 5.75 Å². The summed E-state index contributed by atoms with van der Waals surface area (Å²) >= 11 is 1.60. The van der Waals surface area contributed by atoms with Crippen LogP contribution in [0.25, 0.3) is 0 Å². The van der Waals surface area contributed by atoms with E-state index in [2.05, 4.69) is 0 Å². The molecule has 0 atom stereocenters. The smallest absolute Gasteiger partial charge is 0.233 e. The topological polar surface area (TPSA) is 38.8 Å². The van der Waals surface area contributed by atoms with Crippen LogP contribution in [0.2, 0.25) is 0 Å². The van der Waals surface area contributed by atoms with Crippen LogP contribution < -0.4 is 9.47 Å². The van der Waals surface area contributed by atoms with Crippen LogP contribution in [0.4, 0.5) is 0 Å². The van der Waals surface area contributed by atoms with Crippen molar-refractivity contribution in [3.8, 4) is 11.5 Å². The summed E-state index contributed by atoms with van der Waals surface area (Å²) in [5.74, 6) is 2.23. The van der Waals surface area contributed by atoms with Crippen molar-refractivity contribution in [2.24, 2.45) is 0 Å². The molecule has 1 fully saturated rings. The van der Waals surface area contributed by atoms with Gasteiger partial charge in [0.2, 0.25) is 12.7 Å². The third-order valence-electron chi connectivity index (χ3n) is 4.20. The van der Waals surface area contributed by atoms with Gasteiger partial charge >= 0.3 is 0 Å². The molecule has 5 heteroatoms. The zero-order valence-corrected chi connectivity index (χ0v) is 14.1. The summed E-state index contributed by atoms with van der Waals surface area (Å²) in [6, 6.07) is 16.4. The monoisotopic (exact) mass is 341 g/mol. The molecule has 0 bridgehead atoms. The average molecular weight is 341 g/mol. The second kappa shape index (κ2) is 6.77. The highest BCUT2D eigenvalue weighted by Gasteiger charge is 2.32. The van der Waals surface area contributed by atoms with Gasteiger partial charge in [-0.25, -0.2) is 0 Å². The molecule has 0 aromatic heterocycles. The van der Waals surface area contributed by atoms with Gasteiger partial charge in [-0.05, 0) is 42.7 Å². The molecule has 1 aliphatic carbocycles. The first-order valence-corrected chi connectivity index (χ1v) is 9.14. The Bertz CT molecular complexity index is 731. The number of carbonyl (C=O) groups is 1. The lowest BCUT2D eigenvalue weighted by Gasteiger charge is -2.22. The van der Waals surface area contributed by atoms with Crippen molar-refractivity contribution in [1.29, 1.82) is 0 Å². The van der Waals surface area contributed by atoms with Crippen LogP contribution in [0.15, 0.2) is 53.4 Å². The number of benzene rings is 2. The second-order valence-corrected chi connectivity index (χ2v) is 7.09. The van der Waals surface area contributed by atoms with Crippen molar-refractivity contribution in [1.82, 2.24) is 4.90 Å². The van der Waals surface area contributed by atoms with E-state index in [0.717, 1.165) is 34.8 Å². The molecule has 0 radical (unpaired) electrons. The van der Waals surface area contributed by atoms with E-state index < -0.39 is 0 Å². The molecule has 0 unspecified atom stereocenters. The number of thioether (sulfide) groups is 1. The van der Waals surface area contributed by atoms with Gasteiger partial charge in [0.15, 0.2) is 11.5 Å². The number of fused-ring (bicyclic) bond motifs is 1. The minimum absolute atomic E-state index is 0.198. The van der Waals surface area contributed by atoms with E-state index in [1.54, 1.807) is 11.8 Å². The summed E-state index contributed by atoms with van der Waals surface area (Å²) in [5, 5.41) is 0. The Hall–Kier alpha value is -2.14. The van der Waals surface area contributed by atoms with Crippen LogP contribution in [0, 0.1) is 0 Å². The van der Waals surface area contributed by atoms with Crippen molar-refractivity contribution in [2.45, 2.75) is 30.3 Å². The number of carbonyl (C=O) groups excluding carboxylic acids is 1. The van der Waals surface area contributed by atoms with Gasteiger partial charge in [-0.3, -0.25) is 4.79 Å². The highest BCUT2D eigenvalue weighted by molar-refractivity contribution is 8.00. The number of rotatable bonds is 6. The van der Waals surface area contributed by atoms with E-state index in [0.29, 0.717) is 18.3 Å². The molecule has 24 heavy (non-hydrogen) atoms. The standard InChI is InChI=1S/C19H19NO3S/c21-19(12-24-16-4-2-1-3-5-16)20(15-7-8-15)11-14-6-9-17-18(10-14)23-13-22-17/h1-6,9-10,15H,7-8,11-13H2. The first kappa shape index (κ1) is 15.4. The average Bonchev–Trinajstić information content (AvgIpc) is 3.35.